The molecule has 0 radical (unpaired) electrons. The minimum Gasteiger partial charge on any atom is -0.489 e. The van der Waals surface area contributed by atoms with Crippen molar-refractivity contribution in [3.63, 3.8) is 0 Å². The van der Waals surface area contributed by atoms with E-state index in [9.17, 15) is 9.59 Å². The standard InChI is InChI=1S/C14H14N2O5/c1-19-11(17)5-12(18)21-10-4-2-3-9-13(10)14-8(7-20-9)6-15-16-14/h2-4,6,14-16H,5,7H2,1H3. The van der Waals surface area contributed by atoms with Gasteiger partial charge < -0.3 is 19.6 Å². The molecule has 0 aromatic heterocycles. The molecule has 110 valence electrons. The highest BCUT2D eigenvalue weighted by atomic mass is 16.6. The van der Waals surface area contributed by atoms with Crippen LogP contribution >= 0.6 is 0 Å². The third kappa shape index (κ3) is 2.55. The number of fused-ring (bicyclic) bond motifs is 3. The number of hydrogen-bond donors (Lipinski definition) is 2. The fourth-order valence-electron chi connectivity index (χ4n) is 2.31. The fourth-order valence-corrected chi connectivity index (χ4v) is 2.31. The number of rotatable bonds is 3. The Kier molecular flexibility index (Phi) is 3.49. The van der Waals surface area contributed by atoms with Gasteiger partial charge in [-0.1, -0.05) is 6.07 Å². The van der Waals surface area contributed by atoms with E-state index in [2.05, 4.69) is 15.6 Å². The number of hydrazine groups is 1. The third-order valence-corrected chi connectivity index (χ3v) is 3.31. The van der Waals surface area contributed by atoms with Gasteiger partial charge in [-0.3, -0.25) is 9.59 Å². The van der Waals surface area contributed by atoms with Crippen molar-refractivity contribution in [1.82, 2.24) is 10.9 Å². The van der Waals surface area contributed by atoms with Gasteiger partial charge in [-0.15, -0.1) is 0 Å². The van der Waals surface area contributed by atoms with Gasteiger partial charge in [0.1, 0.15) is 24.5 Å². The average molecular weight is 290 g/mol. The van der Waals surface area contributed by atoms with Crippen LogP contribution in [0, 0.1) is 0 Å². The van der Waals surface area contributed by atoms with Crippen LogP contribution < -0.4 is 20.3 Å². The number of carbonyl (C=O) groups excluding carboxylic acids is 2. The Hall–Kier alpha value is -2.54. The van der Waals surface area contributed by atoms with E-state index < -0.39 is 18.4 Å². The Morgan fingerprint density at radius 3 is 3.05 bits per heavy atom. The summed E-state index contributed by atoms with van der Waals surface area (Å²) in [6.45, 7) is 0.469. The molecule has 0 aliphatic carbocycles. The van der Waals surface area contributed by atoms with Gasteiger partial charge in [0.05, 0.1) is 18.7 Å². The first-order valence-electron chi connectivity index (χ1n) is 6.42. The van der Waals surface area contributed by atoms with Crippen molar-refractivity contribution in [2.75, 3.05) is 13.7 Å². The van der Waals surface area contributed by atoms with Gasteiger partial charge in [0.25, 0.3) is 0 Å². The van der Waals surface area contributed by atoms with Crippen LogP contribution in [0.3, 0.4) is 0 Å². The summed E-state index contributed by atoms with van der Waals surface area (Å²) in [5.74, 6) is -0.287. The molecule has 0 saturated carbocycles. The Balaban J connectivity index is 1.85. The maximum atomic E-state index is 11.7. The van der Waals surface area contributed by atoms with Crippen molar-refractivity contribution in [1.29, 1.82) is 0 Å². The van der Waals surface area contributed by atoms with Crippen molar-refractivity contribution in [3.05, 3.63) is 35.5 Å². The molecule has 0 fully saturated rings. The van der Waals surface area contributed by atoms with E-state index in [0.29, 0.717) is 18.1 Å². The topological polar surface area (TPSA) is 85.9 Å². The molecule has 1 unspecified atom stereocenters. The van der Waals surface area contributed by atoms with Crippen LogP contribution in [0.5, 0.6) is 11.5 Å². The predicted octanol–water partition coefficient (Wildman–Crippen LogP) is 0.580. The van der Waals surface area contributed by atoms with E-state index in [-0.39, 0.29) is 6.04 Å². The number of esters is 2. The zero-order chi connectivity index (χ0) is 14.8. The van der Waals surface area contributed by atoms with E-state index in [1.165, 1.54) is 7.11 Å². The van der Waals surface area contributed by atoms with Gasteiger partial charge in [0, 0.05) is 11.8 Å². The van der Waals surface area contributed by atoms with Crippen LogP contribution in [-0.4, -0.2) is 25.7 Å². The maximum Gasteiger partial charge on any atom is 0.322 e. The lowest BCUT2D eigenvalue weighted by molar-refractivity contribution is -0.148. The lowest BCUT2D eigenvalue weighted by Gasteiger charge is -2.26. The summed E-state index contributed by atoms with van der Waals surface area (Å²) in [4.78, 5) is 22.8. The minimum absolute atomic E-state index is 0.115. The van der Waals surface area contributed by atoms with E-state index in [4.69, 9.17) is 9.47 Å². The van der Waals surface area contributed by atoms with Crippen molar-refractivity contribution < 1.29 is 23.8 Å². The van der Waals surface area contributed by atoms with Crippen LogP contribution in [0.25, 0.3) is 0 Å². The molecule has 2 heterocycles. The third-order valence-electron chi connectivity index (χ3n) is 3.31. The maximum absolute atomic E-state index is 11.7. The largest absolute Gasteiger partial charge is 0.489 e. The number of ether oxygens (including phenoxy) is 3. The second kappa shape index (κ2) is 5.45. The Labute approximate surface area is 120 Å². The molecule has 21 heavy (non-hydrogen) atoms. The molecule has 1 aromatic rings. The number of hydrogen-bond acceptors (Lipinski definition) is 7. The van der Waals surface area contributed by atoms with E-state index in [1.54, 1.807) is 12.1 Å². The second-order valence-corrected chi connectivity index (χ2v) is 4.62. The molecule has 2 aliphatic rings. The molecule has 0 spiro atoms. The summed E-state index contributed by atoms with van der Waals surface area (Å²) in [6.07, 6.45) is 1.39. The van der Waals surface area contributed by atoms with Gasteiger partial charge in [-0.05, 0) is 12.1 Å². The van der Waals surface area contributed by atoms with E-state index in [0.717, 1.165) is 11.1 Å². The molecule has 0 saturated heterocycles. The molecule has 7 nitrogen and oxygen atoms in total. The van der Waals surface area contributed by atoms with E-state index in [1.807, 2.05) is 12.3 Å². The van der Waals surface area contributed by atoms with Crippen LogP contribution in [0.2, 0.25) is 0 Å². The summed E-state index contributed by atoms with van der Waals surface area (Å²) in [5.41, 5.74) is 7.74. The summed E-state index contributed by atoms with van der Waals surface area (Å²) in [6, 6.07) is 5.09. The van der Waals surface area contributed by atoms with Crippen LogP contribution in [0.15, 0.2) is 30.0 Å². The fraction of sp³-hybridized carbons (Fsp3) is 0.286. The monoisotopic (exact) mass is 290 g/mol. The number of carbonyl (C=O) groups is 2. The lowest BCUT2D eigenvalue weighted by atomic mass is 9.97. The molecule has 0 amide bonds. The first-order valence-corrected chi connectivity index (χ1v) is 6.42. The van der Waals surface area contributed by atoms with Gasteiger partial charge >= 0.3 is 11.9 Å². The highest BCUT2D eigenvalue weighted by Gasteiger charge is 2.32. The second-order valence-electron chi connectivity index (χ2n) is 4.62. The Morgan fingerprint density at radius 2 is 2.24 bits per heavy atom. The van der Waals surface area contributed by atoms with Crippen molar-refractivity contribution in [2.45, 2.75) is 12.5 Å². The molecular formula is C14H14N2O5. The van der Waals surface area contributed by atoms with Crippen molar-refractivity contribution in [3.8, 4) is 11.5 Å². The zero-order valence-corrected chi connectivity index (χ0v) is 11.3. The van der Waals surface area contributed by atoms with Crippen LogP contribution in [0.1, 0.15) is 18.0 Å². The smallest absolute Gasteiger partial charge is 0.322 e. The summed E-state index contributed by atoms with van der Waals surface area (Å²) < 4.78 is 15.4. The molecule has 1 atom stereocenters. The van der Waals surface area contributed by atoms with Gasteiger partial charge in [-0.2, -0.15) is 0 Å². The van der Waals surface area contributed by atoms with Crippen LogP contribution in [-0.2, 0) is 14.3 Å². The number of benzene rings is 1. The quantitative estimate of drug-likeness (QED) is 0.478. The van der Waals surface area contributed by atoms with Crippen LogP contribution in [0.4, 0.5) is 0 Å². The first-order chi connectivity index (χ1) is 10.2. The Morgan fingerprint density at radius 1 is 1.38 bits per heavy atom. The average Bonchev–Trinajstić information content (AvgIpc) is 2.95. The predicted molar refractivity (Wildman–Crippen MR) is 71.3 cm³/mol. The Bertz CT molecular complexity index is 626. The molecule has 2 N–H and O–H groups in total. The molecule has 0 bridgehead atoms. The van der Waals surface area contributed by atoms with Gasteiger partial charge in [0.2, 0.25) is 0 Å². The summed E-state index contributed by atoms with van der Waals surface area (Å²) in [7, 11) is 1.22. The van der Waals surface area contributed by atoms with Gasteiger partial charge in [-0.25, -0.2) is 5.43 Å². The van der Waals surface area contributed by atoms with Gasteiger partial charge in [0.15, 0.2) is 0 Å². The molecule has 3 rings (SSSR count). The lowest BCUT2D eigenvalue weighted by Crippen LogP contribution is -2.29. The van der Waals surface area contributed by atoms with Crippen molar-refractivity contribution >= 4 is 11.9 Å². The molecule has 2 aliphatic heterocycles. The normalized spacial score (nSPS) is 18.5. The first kappa shape index (κ1) is 13.4. The van der Waals surface area contributed by atoms with E-state index >= 15 is 0 Å². The SMILES string of the molecule is COC(=O)CC(=O)Oc1cccc2c1C1NNC=C1CO2. The molecule has 1 aromatic carbocycles. The summed E-state index contributed by atoms with van der Waals surface area (Å²) >= 11 is 0. The number of nitrogens with one attached hydrogen (secondary N) is 2. The minimum atomic E-state index is -0.669. The number of methoxy groups -OCH3 is 1. The molecular weight excluding hydrogens is 276 g/mol. The highest BCUT2D eigenvalue weighted by molar-refractivity contribution is 5.92. The summed E-state index contributed by atoms with van der Waals surface area (Å²) in [5, 5.41) is 0. The molecule has 7 heteroatoms. The van der Waals surface area contributed by atoms with Crippen molar-refractivity contribution in [2.24, 2.45) is 0 Å². The zero-order valence-electron chi connectivity index (χ0n) is 11.3. The highest BCUT2D eigenvalue weighted by Crippen LogP contribution is 2.42.